The predicted octanol–water partition coefficient (Wildman–Crippen LogP) is 3.51. The molecule has 1 aliphatic heterocycles. The lowest BCUT2D eigenvalue weighted by molar-refractivity contribution is -0.139. The Hall–Kier alpha value is -0.640. The van der Waals surface area contributed by atoms with Gasteiger partial charge in [0.2, 0.25) is 5.91 Å². The first kappa shape index (κ1) is 16.7. The number of carbonyl (C=O) groups excluding carboxylic acids is 1. The minimum absolute atomic E-state index is 0.221. The highest BCUT2D eigenvalue weighted by Crippen LogP contribution is 2.39. The van der Waals surface area contributed by atoms with E-state index in [2.05, 4.69) is 18.7 Å². The quantitative estimate of drug-likeness (QED) is 0.811. The molecular formula is C17H30N2OS. The van der Waals surface area contributed by atoms with Crippen LogP contribution in [0.2, 0.25) is 0 Å². The van der Waals surface area contributed by atoms with Gasteiger partial charge in [-0.05, 0) is 43.9 Å². The monoisotopic (exact) mass is 310 g/mol. The average molecular weight is 311 g/mol. The van der Waals surface area contributed by atoms with E-state index >= 15 is 0 Å². The zero-order chi connectivity index (χ0) is 15.5. The van der Waals surface area contributed by atoms with E-state index in [4.69, 9.17) is 18.0 Å². The summed E-state index contributed by atoms with van der Waals surface area (Å²) < 4.78 is 0. The molecule has 0 bridgehead atoms. The van der Waals surface area contributed by atoms with Gasteiger partial charge in [-0.1, -0.05) is 45.3 Å². The van der Waals surface area contributed by atoms with Crippen LogP contribution < -0.4 is 5.73 Å². The number of amides is 1. The molecule has 3 nitrogen and oxygen atoms in total. The first-order valence-electron chi connectivity index (χ1n) is 8.56. The van der Waals surface area contributed by atoms with E-state index in [0.29, 0.717) is 10.9 Å². The molecule has 2 rings (SSSR count). The lowest BCUT2D eigenvalue weighted by Gasteiger charge is -2.39. The smallest absolute Gasteiger partial charge is 0.235 e. The first-order valence-corrected chi connectivity index (χ1v) is 8.97. The number of thiocarbonyl (C=S) groups is 1. The van der Waals surface area contributed by atoms with Crippen LogP contribution in [0.15, 0.2) is 0 Å². The Kier molecular flexibility index (Phi) is 5.64. The van der Waals surface area contributed by atoms with Gasteiger partial charge in [-0.2, -0.15) is 0 Å². The fraction of sp³-hybridized carbons (Fsp3) is 0.882. The van der Waals surface area contributed by atoms with E-state index in [1.165, 1.54) is 12.8 Å². The van der Waals surface area contributed by atoms with E-state index in [0.717, 1.165) is 57.5 Å². The molecule has 1 aliphatic carbocycles. The first-order chi connectivity index (χ1) is 9.97. The molecule has 0 aromatic carbocycles. The van der Waals surface area contributed by atoms with Gasteiger partial charge >= 0.3 is 0 Å². The molecule has 1 saturated heterocycles. The summed E-state index contributed by atoms with van der Waals surface area (Å²) in [6, 6.07) is 0. The van der Waals surface area contributed by atoms with Crippen molar-refractivity contribution in [3.63, 3.8) is 0 Å². The van der Waals surface area contributed by atoms with E-state index in [1.807, 2.05) is 0 Å². The maximum Gasteiger partial charge on any atom is 0.235 e. The lowest BCUT2D eigenvalue weighted by Crippen LogP contribution is -2.51. The molecule has 1 atom stereocenters. The molecule has 0 radical (unpaired) electrons. The van der Waals surface area contributed by atoms with Gasteiger partial charge in [0, 0.05) is 13.1 Å². The standard InChI is InChI=1S/C17H30N2OS/c1-13(2)14-7-6-11-19(12-8-14)16(20)17(15(18)21)9-4-3-5-10-17/h13-14H,3-12H2,1-2H3,(H2,18,21). The van der Waals surface area contributed by atoms with Crippen LogP contribution in [0.5, 0.6) is 0 Å². The third-order valence-corrected chi connectivity index (χ3v) is 5.98. The van der Waals surface area contributed by atoms with Gasteiger partial charge < -0.3 is 10.6 Å². The normalized spacial score (nSPS) is 26.4. The summed E-state index contributed by atoms with van der Waals surface area (Å²) in [6.07, 6.45) is 8.53. The van der Waals surface area contributed by atoms with Crippen LogP contribution >= 0.6 is 12.2 Å². The number of rotatable bonds is 3. The number of carbonyl (C=O) groups is 1. The maximum atomic E-state index is 13.1. The number of likely N-dealkylation sites (tertiary alicyclic amines) is 1. The maximum absolute atomic E-state index is 13.1. The van der Waals surface area contributed by atoms with Crippen LogP contribution in [0.1, 0.15) is 65.2 Å². The van der Waals surface area contributed by atoms with Crippen molar-refractivity contribution in [3.8, 4) is 0 Å². The SMILES string of the molecule is CC(C)C1CCCN(C(=O)C2(C(N)=S)CCCCC2)CC1. The Balaban J connectivity index is 2.08. The van der Waals surface area contributed by atoms with Crippen molar-refractivity contribution in [2.75, 3.05) is 13.1 Å². The Morgan fingerprint density at radius 3 is 2.38 bits per heavy atom. The molecule has 0 aromatic rings. The molecule has 120 valence electrons. The van der Waals surface area contributed by atoms with Crippen LogP contribution in [-0.4, -0.2) is 28.9 Å². The molecular weight excluding hydrogens is 280 g/mol. The highest BCUT2D eigenvalue weighted by molar-refractivity contribution is 7.80. The molecule has 2 aliphatic rings. The van der Waals surface area contributed by atoms with Gasteiger partial charge in [0.05, 0.1) is 10.4 Å². The van der Waals surface area contributed by atoms with Gasteiger partial charge in [-0.3, -0.25) is 4.79 Å². The third kappa shape index (κ3) is 3.58. The van der Waals surface area contributed by atoms with Gasteiger partial charge in [0.25, 0.3) is 0 Å². The van der Waals surface area contributed by atoms with Gasteiger partial charge in [0.1, 0.15) is 0 Å². The van der Waals surface area contributed by atoms with E-state index in [1.54, 1.807) is 0 Å². The van der Waals surface area contributed by atoms with Crippen molar-refractivity contribution in [2.45, 2.75) is 65.2 Å². The van der Waals surface area contributed by atoms with Crippen molar-refractivity contribution in [3.05, 3.63) is 0 Å². The molecule has 0 spiro atoms. The van der Waals surface area contributed by atoms with E-state index in [9.17, 15) is 4.79 Å². The van der Waals surface area contributed by atoms with Crippen LogP contribution in [0.4, 0.5) is 0 Å². The molecule has 1 unspecified atom stereocenters. The van der Waals surface area contributed by atoms with Gasteiger partial charge in [0.15, 0.2) is 0 Å². The minimum atomic E-state index is -0.536. The van der Waals surface area contributed by atoms with Crippen LogP contribution in [0.25, 0.3) is 0 Å². The van der Waals surface area contributed by atoms with Gasteiger partial charge in [-0.15, -0.1) is 0 Å². The average Bonchev–Trinajstić information content (AvgIpc) is 2.73. The molecule has 0 aromatic heterocycles. The van der Waals surface area contributed by atoms with E-state index < -0.39 is 5.41 Å². The number of hydrogen-bond acceptors (Lipinski definition) is 2. The summed E-state index contributed by atoms with van der Waals surface area (Å²) in [4.78, 5) is 15.6. The molecule has 2 fully saturated rings. The number of nitrogens with two attached hydrogens (primary N) is 1. The van der Waals surface area contributed by atoms with Crippen molar-refractivity contribution in [1.82, 2.24) is 4.90 Å². The predicted molar refractivity (Wildman–Crippen MR) is 91.1 cm³/mol. The second kappa shape index (κ2) is 7.08. The van der Waals surface area contributed by atoms with Crippen LogP contribution in [0.3, 0.4) is 0 Å². The number of hydrogen-bond donors (Lipinski definition) is 1. The zero-order valence-corrected chi connectivity index (χ0v) is 14.4. The summed E-state index contributed by atoms with van der Waals surface area (Å²) in [5.74, 6) is 1.67. The molecule has 1 saturated carbocycles. The molecule has 2 N–H and O–H groups in total. The highest BCUT2D eigenvalue weighted by atomic mass is 32.1. The molecule has 4 heteroatoms. The van der Waals surface area contributed by atoms with Crippen LogP contribution in [-0.2, 0) is 4.79 Å². The second-order valence-electron chi connectivity index (χ2n) is 7.23. The van der Waals surface area contributed by atoms with E-state index in [-0.39, 0.29) is 5.91 Å². The summed E-state index contributed by atoms with van der Waals surface area (Å²) in [5.41, 5.74) is 5.47. The summed E-state index contributed by atoms with van der Waals surface area (Å²) >= 11 is 5.30. The summed E-state index contributed by atoms with van der Waals surface area (Å²) in [7, 11) is 0. The molecule has 1 heterocycles. The van der Waals surface area contributed by atoms with Crippen LogP contribution in [0, 0.1) is 17.3 Å². The fourth-order valence-electron chi connectivity index (χ4n) is 4.02. The van der Waals surface area contributed by atoms with Gasteiger partial charge in [-0.25, -0.2) is 0 Å². The second-order valence-corrected chi connectivity index (χ2v) is 7.67. The van der Waals surface area contributed by atoms with Crippen molar-refractivity contribution >= 4 is 23.1 Å². The molecule has 1 amide bonds. The van der Waals surface area contributed by atoms with Crippen molar-refractivity contribution in [1.29, 1.82) is 0 Å². The Bertz CT molecular complexity index is 388. The van der Waals surface area contributed by atoms with Crippen molar-refractivity contribution in [2.24, 2.45) is 23.0 Å². The highest BCUT2D eigenvalue weighted by Gasteiger charge is 2.44. The minimum Gasteiger partial charge on any atom is -0.392 e. The van der Waals surface area contributed by atoms with Crippen molar-refractivity contribution < 1.29 is 4.79 Å². The lowest BCUT2D eigenvalue weighted by atomic mass is 9.73. The molecule has 21 heavy (non-hydrogen) atoms. The fourth-order valence-corrected chi connectivity index (χ4v) is 4.31. The Morgan fingerprint density at radius 1 is 1.14 bits per heavy atom. The Morgan fingerprint density at radius 2 is 1.81 bits per heavy atom. The summed E-state index contributed by atoms with van der Waals surface area (Å²) in [5, 5.41) is 0. The number of nitrogens with zero attached hydrogens (tertiary/aromatic N) is 1. The largest absolute Gasteiger partial charge is 0.392 e. The Labute approximate surface area is 134 Å². The topological polar surface area (TPSA) is 46.3 Å². The zero-order valence-electron chi connectivity index (χ0n) is 13.6. The summed E-state index contributed by atoms with van der Waals surface area (Å²) in [6.45, 7) is 6.35. The third-order valence-electron chi connectivity index (χ3n) is 5.59.